The predicted octanol–water partition coefficient (Wildman–Crippen LogP) is 0.782. The van der Waals surface area contributed by atoms with E-state index >= 15 is 0 Å². The van der Waals surface area contributed by atoms with Crippen molar-refractivity contribution < 1.29 is 4.79 Å². The second-order valence-corrected chi connectivity index (χ2v) is 4.74. The summed E-state index contributed by atoms with van der Waals surface area (Å²) in [7, 11) is 0. The summed E-state index contributed by atoms with van der Waals surface area (Å²) in [6.07, 6.45) is 3.24. The van der Waals surface area contributed by atoms with Crippen LogP contribution < -0.4 is 16.0 Å². The van der Waals surface area contributed by atoms with Crippen LogP contribution in [-0.4, -0.2) is 35.5 Å². The minimum absolute atomic E-state index is 0.0674. The fourth-order valence-electron chi connectivity index (χ4n) is 2.51. The normalized spacial score (nSPS) is 18.6. The Morgan fingerprint density at radius 2 is 2.32 bits per heavy atom. The van der Waals surface area contributed by atoms with Crippen LogP contribution in [0.15, 0.2) is 6.33 Å². The van der Waals surface area contributed by atoms with E-state index in [9.17, 15) is 4.79 Å². The van der Waals surface area contributed by atoms with Gasteiger partial charge in [-0.05, 0) is 19.8 Å². The van der Waals surface area contributed by atoms with Crippen molar-refractivity contribution in [3.63, 3.8) is 0 Å². The molecule has 104 valence electrons. The standard InChI is InChI=1S/C13H21N5O/c1-3-10-12(15-4-2)16-8-17-13(10)18-6-5-9(7-18)11(14)19/h8-9H,3-7H2,1-2H3,(H2,14,19)(H,15,16,17). The molecule has 1 unspecified atom stereocenters. The van der Waals surface area contributed by atoms with Gasteiger partial charge in [-0.3, -0.25) is 4.79 Å². The summed E-state index contributed by atoms with van der Waals surface area (Å²) in [5.41, 5.74) is 6.48. The minimum Gasteiger partial charge on any atom is -0.370 e. The van der Waals surface area contributed by atoms with E-state index in [2.05, 4.69) is 27.1 Å². The van der Waals surface area contributed by atoms with Crippen LogP contribution in [0, 0.1) is 5.92 Å². The van der Waals surface area contributed by atoms with E-state index in [-0.39, 0.29) is 11.8 Å². The highest BCUT2D eigenvalue weighted by Crippen LogP contribution is 2.28. The highest BCUT2D eigenvalue weighted by Gasteiger charge is 2.29. The van der Waals surface area contributed by atoms with Crippen LogP contribution in [0.4, 0.5) is 11.6 Å². The van der Waals surface area contributed by atoms with E-state index in [1.807, 2.05) is 6.92 Å². The minimum atomic E-state index is -0.221. The molecule has 0 aliphatic carbocycles. The topological polar surface area (TPSA) is 84.1 Å². The van der Waals surface area contributed by atoms with Crippen molar-refractivity contribution >= 4 is 17.5 Å². The zero-order chi connectivity index (χ0) is 13.8. The number of carbonyl (C=O) groups is 1. The summed E-state index contributed by atoms with van der Waals surface area (Å²) < 4.78 is 0. The Kier molecular flexibility index (Phi) is 4.19. The SMILES string of the molecule is CCNc1ncnc(N2CCC(C(N)=O)C2)c1CC. The van der Waals surface area contributed by atoms with E-state index < -0.39 is 0 Å². The maximum absolute atomic E-state index is 11.3. The van der Waals surface area contributed by atoms with Gasteiger partial charge < -0.3 is 16.0 Å². The molecule has 1 aromatic rings. The van der Waals surface area contributed by atoms with E-state index in [0.29, 0.717) is 6.54 Å². The molecule has 1 aromatic heterocycles. The van der Waals surface area contributed by atoms with Crippen LogP contribution in [0.1, 0.15) is 25.8 Å². The van der Waals surface area contributed by atoms with E-state index in [0.717, 1.165) is 43.1 Å². The lowest BCUT2D eigenvalue weighted by Gasteiger charge is -2.21. The number of hydrogen-bond acceptors (Lipinski definition) is 5. The molecule has 0 aromatic carbocycles. The zero-order valence-corrected chi connectivity index (χ0v) is 11.5. The first-order valence-electron chi connectivity index (χ1n) is 6.79. The quantitative estimate of drug-likeness (QED) is 0.820. The van der Waals surface area contributed by atoms with Crippen LogP contribution in [0.3, 0.4) is 0 Å². The number of carbonyl (C=O) groups excluding carboxylic acids is 1. The van der Waals surface area contributed by atoms with E-state index in [4.69, 9.17) is 5.73 Å². The Morgan fingerprint density at radius 1 is 1.53 bits per heavy atom. The summed E-state index contributed by atoms with van der Waals surface area (Å²) in [6, 6.07) is 0. The molecule has 1 aliphatic rings. The molecule has 0 spiro atoms. The van der Waals surface area contributed by atoms with Gasteiger partial charge in [-0.25, -0.2) is 9.97 Å². The maximum Gasteiger partial charge on any atom is 0.222 e. The fraction of sp³-hybridized carbons (Fsp3) is 0.615. The third kappa shape index (κ3) is 2.77. The second kappa shape index (κ2) is 5.86. The summed E-state index contributed by atoms with van der Waals surface area (Å²) in [4.78, 5) is 22.1. The highest BCUT2D eigenvalue weighted by atomic mass is 16.1. The lowest BCUT2D eigenvalue weighted by molar-refractivity contribution is -0.121. The third-order valence-corrected chi connectivity index (χ3v) is 3.51. The molecule has 1 atom stereocenters. The molecule has 0 bridgehead atoms. The number of amides is 1. The number of aromatic nitrogens is 2. The lowest BCUT2D eigenvalue weighted by atomic mass is 10.1. The van der Waals surface area contributed by atoms with Crippen LogP contribution >= 0.6 is 0 Å². The molecule has 6 heteroatoms. The van der Waals surface area contributed by atoms with Gasteiger partial charge in [-0.15, -0.1) is 0 Å². The van der Waals surface area contributed by atoms with Gasteiger partial charge in [-0.2, -0.15) is 0 Å². The van der Waals surface area contributed by atoms with Crippen molar-refractivity contribution in [2.75, 3.05) is 29.9 Å². The average Bonchev–Trinajstić information content (AvgIpc) is 2.88. The smallest absolute Gasteiger partial charge is 0.222 e. The van der Waals surface area contributed by atoms with Gasteiger partial charge in [0.2, 0.25) is 5.91 Å². The molecule has 1 amide bonds. The molecular formula is C13H21N5O. The van der Waals surface area contributed by atoms with Gasteiger partial charge in [-0.1, -0.05) is 6.92 Å². The molecule has 6 nitrogen and oxygen atoms in total. The number of primary amides is 1. The molecule has 1 saturated heterocycles. The Morgan fingerprint density at radius 3 is 2.89 bits per heavy atom. The van der Waals surface area contributed by atoms with Crippen LogP contribution in [0.5, 0.6) is 0 Å². The first kappa shape index (κ1) is 13.6. The Balaban J connectivity index is 2.25. The van der Waals surface area contributed by atoms with Gasteiger partial charge in [0.05, 0.1) is 5.92 Å². The maximum atomic E-state index is 11.3. The molecule has 3 N–H and O–H groups in total. The average molecular weight is 263 g/mol. The summed E-state index contributed by atoms with van der Waals surface area (Å²) >= 11 is 0. The summed E-state index contributed by atoms with van der Waals surface area (Å²) in [6.45, 7) is 6.44. The molecule has 0 saturated carbocycles. The van der Waals surface area contributed by atoms with E-state index in [1.165, 1.54) is 0 Å². The monoisotopic (exact) mass is 263 g/mol. The third-order valence-electron chi connectivity index (χ3n) is 3.51. The van der Waals surface area contributed by atoms with Crippen molar-refractivity contribution in [2.24, 2.45) is 11.7 Å². The molecule has 19 heavy (non-hydrogen) atoms. The van der Waals surface area contributed by atoms with Crippen LogP contribution in [0.2, 0.25) is 0 Å². The Hall–Kier alpha value is -1.85. The first-order valence-corrected chi connectivity index (χ1v) is 6.79. The van der Waals surface area contributed by atoms with Gasteiger partial charge in [0.15, 0.2) is 0 Å². The van der Waals surface area contributed by atoms with Crippen LogP contribution in [-0.2, 0) is 11.2 Å². The molecule has 0 radical (unpaired) electrons. The van der Waals surface area contributed by atoms with Gasteiger partial charge >= 0.3 is 0 Å². The Bertz CT molecular complexity index is 462. The number of anilines is 2. The number of nitrogens with one attached hydrogen (secondary N) is 1. The van der Waals surface area contributed by atoms with Gasteiger partial charge in [0, 0.05) is 25.2 Å². The second-order valence-electron chi connectivity index (χ2n) is 4.74. The molecule has 2 heterocycles. The number of nitrogens with zero attached hydrogens (tertiary/aromatic N) is 3. The molecular weight excluding hydrogens is 242 g/mol. The summed E-state index contributed by atoms with van der Waals surface area (Å²) in [5, 5.41) is 3.26. The highest BCUT2D eigenvalue weighted by molar-refractivity contribution is 5.78. The van der Waals surface area contributed by atoms with Crippen molar-refractivity contribution in [1.29, 1.82) is 0 Å². The van der Waals surface area contributed by atoms with Crippen molar-refractivity contribution in [2.45, 2.75) is 26.7 Å². The van der Waals surface area contributed by atoms with E-state index in [1.54, 1.807) is 6.33 Å². The molecule has 2 rings (SSSR count). The summed E-state index contributed by atoms with van der Waals surface area (Å²) in [5.74, 6) is 1.53. The fourth-order valence-corrected chi connectivity index (χ4v) is 2.51. The van der Waals surface area contributed by atoms with Crippen molar-refractivity contribution in [3.8, 4) is 0 Å². The van der Waals surface area contributed by atoms with Crippen molar-refractivity contribution in [1.82, 2.24) is 9.97 Å². The number of rotatable bonds is 5. The van der Waals surface area contributed by atoms with Crippen molar-refractivity contribution in [3.05, 3.63) is 11.9 Å². The van der Waals surface area contributed by atoms with Crippen LogP contribution in [0.25, 0.3) is 0 Å². The largest absolute Gasteiger partial charge is 0.370 e. The first-order chi connectivity index (χ1) is 9.17. The zero-order valence-electron chi connectivity index (χ0n) is 11.5. The molecule has 1 fully saturated rings. The number of hydrogen-bond donors (Lipinski definition) is 2. The predicted molar refractivity (Wildman–Crippen MR) is 75.1 cm³/mol. The Labute approximate surface area is 113 Å². The van der Waals surface area contributed by atoms with Gasteiger partial charge in [0.25, 0.3) is 0 Å². The lowest BCUT2D eigenvalue weighted by Crippen LogP contribution is -2.28. The number of nitrogens with two attached hydrogens (primary N) is 1. The molecule has 1 aliphatic heterocycles. The van der Waals surface area contributed by atoms with Gasteiger partial charge in [0.1, 0.15) is 18.0 Å².